The lowest BCUT2D eigenvalue weighted by atomic mass is 10.0. The summed E-state index contributed by atoms with van der Waals surface area (Å²) in [6, 6.07) is 7.96. The highest BCUT2D eigenvalue weighted by Crippen LogP contribution is 2.20. The molecule has 1 fully saturated rings. The number of halogens is 1. The van der Waals surface area contributed by atoms with Gasteiger partial charge in [-0.15, -0.1) is 0 Å². The normalized spacial score (nSPS) is 19.2. The van der Waals surface area contributed by atoms with Gasteiger partial charge in [0.2, 0.25) is 0 Å². The van der Waals surface area contributed by atoms with Crippen molar-refractivity contribution in [3.05, 3.63) is 27.8 Å². The van der Waals surface area contributed by atoms with Crippen LogP contribution in [0.25, 0.3) is 0 Å². The maximum Gasteiger partial charge on any atom is 0.322 e. The van der Waals surface area contributed by atoms with Crippen LogP contribution in [0, 0.1) is 9.49 Å². The van der Waals surface area contributed by atoms with Crippen molar-refractivity contribution in [2.45, 2.75) is 26.3 Å². The van der Waals surface area contributed by atoms with E-state index in [1.807, 2.05) is 29.2 Å². The van der Waals surface area contributed by atoms with Gasteiger partial charge in [-0.05, 0) is 47.1 Å². The Morgan fingerprint density at radius 3 is 2.95 bits per heavy atom. The average Bonchev–Trinajstić information content (AvgIpc) is 2.41. The summed E-state index contributed by atoms with van der Waals surface area (Å²) < 4.78 is 6.56. The Kier molecular flexibility index (Phi) is 5.65. The summed E-state index contributed by atoms with van der Waals surface area (Å²) in [4.78, 5) is 14.4. The molecule has 2 amide bonds. The number of urea groups is 1. The molecule has 1 heterocycles. The minimum Gasteiger partial charge on any atom is -0.377 e. The third-order valence-corrected chi connectivity index (χ3v) is 4.29. The Labute approximate surface area is 134 Å². The molecule has 1 unspecified atom stereocenters. The maximum absolute atomic E-state index is 12.5. The molecule has 1 saturated heterocycles. The van der Waals surface area contributed by atoms with E-state index in [1.54, 1.807) is 0 Å². The molecule has 1 aliphatic rings. The number of anilines is 1. The highest BCUT2D eigenvalue weighted by atomic mass is 127. The first-order chi connectivity index (χ1) is 9.58. The highest BCUT2D eigenvalue weighted by Gasteiger charge is 2.28. The number of ether oxygens (including phenoxy) is 1. The van der Waals surface area contributed by atoms with Crippen LogP contribution in [0.4, 0.5) is 10.5 Å². The SMILES string of the molecule is CC(C)CC1COCCN1C(=O)Nc1ccccc1I. The summed E-state index contributed by atoms with van der Waals surface area (Å²) in [5.41, 5.74) is 0.868. The van der Waals surface area contributed by atoms with Gasteiger partial charge >= 0.3 is 6.03 Å². The van der Waals surface area contributed by atoms with E-state index in [9.17, 15) is 4.79 Å². The number of benzene rings is 1. The average molecular weight is 388 g/mol. The van der Waals surface area contributed by atoms with Gasteiger partial charge in [0.1, 0.15) is 0 Å². The Bertz CT molecular complexity index is 465. The fraction of sp³-hybridized carbons (Fsp3) is 0.533. The zero-order valence-corrected chi connectivity index (χ0v) is 14.1. The van der Waals surface area contributed by atoms with Gasteiger partial charge < -0.3 is 15.0 Å². The van der Waals surface area contributed by atoms with Crippen molar-refractivity contribution in [3.8, 4) is 0 Å². The van der Waals surface area contributed by atoms with Gasteiger partial charge in [-0.3, -0.25) is 0 Å². The molecular weight excluding hydrogens is 367 g/mol. The van der Waals surface area contributed by atoms with Crippen LogP contribution in [-0.4, -0.2) is 36.7 Å². The topological polar surface area (TPSA) is 41.6 Å². The summed E-state index contributed by atoms with van der Waals surface area (Å²) in [7, 11) is 0. The van der Waals surface area contributed by atoms with Gasteiger partial charge in [0.15, 0.2) is 0 Å². The molecule has 1 aliphatic heterocycles. The van der Waals surface area contributed by atoms with Crippen molar-refractivity contribution in [1.82, 2.24) is 4.90 Å². The van der Waals surface area contributed by atoms with Gasteiger partial charge in [-0.25, -0.2) is 4.79 Å². The van der Waals surface area contributed by atoms with E-state index in [-0.39, 0.29) is 12.1 Å². The summed E-state index contributed by atoms with van der Waals surface area (Å²) in [6.07, 6.45) is 0.972. The number of nitrogens with zero attached hydrogens (tertiary/aromatic N) is 1. The van der Waals surface area contributed by atoms with Crippen LogP contribution in [-0.2, 0) is 4.74 Å². The van der Waals surface area contributed by atoms with E-state index in [4.69, 9.17) is 4.74 Å². The molecule has 0 saturated carbocycles. The van der Waals surface area contributed by atoms with Crippen LogP contribution in [0.15, 0.2) is 24.3 Å². The molecule has 0 spiro atoms. The third-order valence-electron chi connectivity index (χ3n) is 3.35. The third kappa shape index (κ3) is 4.09. The molecule has 4 nitrogen and oxygen atoms in total. The number of carbonyl (C=O) groups excluding carboxylic acids is 1. The molecule has 0 aliphatic carbocycles. The van der Waals surface area contributed by atoms with Crippen molar-refractivity contribution in [2.24, 2.45) is 5.92 Å². The van der Waals surface area contributed by atoms with Crippen LogP contribution in [0.2, 0.25) is 0 Å². The van der Waals surface area contributed by atoms with E-state index < -0.39 is 0 Å². The first-order valence-corrected chi connectivity index (χ1v) is 8.05. The molecule has 2 rings (SSSR count). The summed E-state index contributed by atoms with van der Waals surface area (Å²) in [5, 5.41) is 3.01. The van der Waals surface area contributed by atoms with Gasteiger partial charge in [0.05, 0.1) is 24.9 Å². The summed E-state index contributed by atoms with van der Waals surface area (Å²) in [6.45, 7) is 6.26. The molecule has 1 aromatic rings. The molecule has 1 atom stereocenters. The number of rotatable bonds is 3. The van der Waals surface area contributed by atoms with Gasteiger partial charge in [0, 0.05) is 10.1 Å². The van der Waals surface area contributed by atoms with E-state index in [2.05, 4.69) is 41.8 Å². The van der Waals surface area contributed by atoms with Crippen molar-refractivity contribution in [3.63, 3.8) is 0 Å². The molecular formula is C15H21IN2O2. The Balaban J connectivity index is 2.04. The fourth-order valence-corrected chi connectivity index (χ4v) is 2.93. The van der Waals surface area contributed by atoms with E-state index >= 15 is 0 Å². The first kappa shape index (κ1) is 15.6. The molecule has 0 bridgehead atoms. The lowest BCUT2D eigenvalue weighted by Gasteiger charge is -2.36. The standard InChI is InChI=1S/C15H21IN2O2/c1-11(2)9-12-10-20-8-7-18(12)15(19)17-14-6-4-3-5-13(14)16/h3-6,11-12H,7-10H2,1-2H3,(H,17,19). The largest absolute Gasteiger partial charge is 0.377 e. The smallest absolute Gasteiger partial charge is 0.322 e. The summed E-state index contributed by atoms with van der Waals surface area (Å²) in [5.74, 6) is 0.550. The van der Waals surface area contributed by atoms with Crippen LogP contribution in [0.3, 0.4) is 0 Å². The number of carbonyl (C=O) groups is 1. The van der Waals surface area contributed by atoms with Crippen molar-refractivity contribution in [1.29, 1.82) is 0 Å². The molecule has 5 heteroatoms. The van der Waals surface area contributed by atoms with Crippen LogP contribution >= 0.6 is 22.6 Å². The van der Waals surface area contributed by atoms with E-state index in [1.165, 1.54) is 0 Å². The molecule has 0 radical (unpaired) electrons. The van der Waals surface area contributed by atoms with Gasteiger partial charge in [0.25, 0.3) is 0 Å². The fourth-order valence-electron chi connectivity index (χ4n) is 2.41. The molecule has 110 valence electrons. The number of nitrogens with one attached hydrogen (secondary N) is 1. The lowest BCUT2D eigenvalue weighted by molar-refractivity contribution is 0.00857. The number of amides is 2. The van der Waals surface area contributed by atoms with Gasteiger partial charge in [-0.1, -0.05) is 26.0 Å². The van der Waals surface area contributed by atoms with Gasteiger partial charge in [-0.2, -0.15) is 0 Å². The minimum absolute atomic E-state index is 0.0249. The van der Waals surface area contributed by atoms with Crippen LogP contribution < -0.4 is 5.32 Å². The highest BCUT2D eigenvalue weighted by molar-refractivity contribution is 14.1. The lowest BCUT2D eigenvalue weighted by Crippen LogP contribution is -2.50. The Hall–Kier alpha value is -0.820. The number of hydrogen-bond donors (Lipinski definition) is 1. The second-order valence-electron chi connectivity index (χ2n) is 5.46. The zero-order valence-electron chi connectivity index (χ0n) is 11.9. The second-order valence-corrected chi connectivity index (χ2v) is 6.62. The summed E-state index contributed by atoms with van der Waals surface area (Å²) >= 11 is 2.23. The molecule has 0 aromatic heterocycles. The van der Waals surface area contributed by atoms with E-state index in [0.29, 0.717) is 25.7 Å². The zero-order chi connectivity index (χ0) is 14.5. The Morgan fingerprint density at radius 1 is 1.50 bits per heavy atom. The molecule has 1 N–H and O–H groups in total. The van der Waals surface area contributed by atoms with Crippen molar-refractivity contribution in [2.75, 3.05) is 25.1 Å². The minimum atomic E-state index is -0.0249. The van der Waals surface area contributed by atoms with E-state index in [0.717, 1.165) is 15.7 Å². The quantitative estimate of drug-likeness (QED) is 0.805. The number of morpholine rings is 1. The molecule has 1 aromatic carbocycles. The van der Waals surface area contributed by atoms with Crippen LogP contribution in [0.1, 0.15) is 20.3 Å². The predicted molar refractivity (Wildman–Crippen MR) is 88.9 cm³/mol. The first-order valence-electron chi connectivity index (χ1n) is 6.98. The van der Waals surface area contributed by atoms with Crippen molar-refractivity contribution >= 4 is 34.3 Å². The number of hydrogen-bond acceptors (Lipinski definition) is 2. The monoisotopic (exact) mass is 388 g/mol. The van der Waals surface area contributed by atoms with Crippen LogP contribution in [0.5, 0.6) is 0 Å². The predicted octanol–water partition coefficient (Wildman–Crippen LogP) is 3.57. The number of para-hydroxylation sites is 1. The maximum atomic E-state index is 12.5. The molecule has 20 heavy (non-hydrogen) atoms. The Morgan fingerprint density at radius 2 is 2.25 bits per heavy atom. The van der Waals surface area contributed by atoms with Crippen molar-refractivity contribution < 1.29 is 9.53 Å². The second kappa shape index (κ2) is 7.26.